The normalized spacial score (nSPS) is 15.9. The molecule has 1 aromatic rings. The van der Waals surface area contributed by atoms with Gasteiger partial charge in [-0.3, -0.25) is 4.79 Å². The van der Waals surface area contributed by atoms with Gasteiger partial charge in [-0.25, -0.2) is 0 Å². The van der Waals surface area contributed by atoms with E-state index in [1.807, 2.05) is 0 Å². The fourth-order valence-corrected chi connectivity index (χ4v) is 2.45. The van der Waals surface area contributed by atoms with Gasteiger partial charge in [0.15, 0.2) is 0 Å². The lowest BCUT2D eigenvalue weighted by Gasteiger charge is -2.28. The maximum atomic E-state index is 11.8. The molecule has 0 aromatic carbocycles. The Hall–Kier alpha value is -0.750. The predicted octanol–water partition coefficient (Wildman–Crippen LogP) is 2.04. The maximum absolute atomic E-state index is 11.8. The molecule has 0 aliphatic carbocycles. The van der Waals surface area contributed by atoms with Crippen molar-refractivity contribution in [2.24, 2.45) is 11.7 Å². The summed E-state index contributed by atoms with van der Waals surface area (Å²) in [5.41, 5.74) is 6.00. The van der Waals surface area contributed by atoms with Crippen LogP contribution in [-0.4, -0.2) is 37.5 Å². The molecule has 1 saturated heterocycles. The zero-order valence-corrected chi connectivity index (χ0v) is 14.0. The highest BCUT2D eigenvalue weighted by Crippen LogP contribution is 2.18. The number of rotatable bonds is 5. The van der Waals surface area contributed by atoms with Gasteiger partial charge in [-0.1, -0.05) is 0 Å². The number of hydrogen-bond acceptors (Lipinski definition) is 4. The van der Waals surface area contributed by atoms with Crippen LogP contribution in [0.4, 0.5) is 0 Å². The first kappa shape index (κ1) is 20.2. The van der Waals surface area contributed by atoms with Gasteiger partial charge < -0.3 is 20.4 Å². The number of carbonyl (C=O) groups is 1. The molecule has 2 rings (SSSR count). The number of nitrogens with one attached hydrogen (secondary N) is 1. The van der Waals surface area contributed by atoms with Crippen molar-refractivity contribution < 1.29 is 9.21 Å². The molecular weight excluding hydrogens is 313 g/mol. The third kappa shape index (κ3) is 6.26. The number of piperidine rings is 1. The smallest absolute Gasteiger partial charge is 0.254 e. The Morgan fingerprint density at radius 2 is 2.10 bits per heavy atom. The van der Waals surface area contributed by atoms with Crippen LogP contribution in [0.1, 0.15) is 35.4 Å². The molecule has 1 aliphatic heterocycles. The summed E-state index contributed by atoms with van der Waals surface area (Å²) in [7, 11) is 2.16. The quantitative estimate of drug-likeness (QED) is 0.862. The van der Waals surface area contributed by atoms with Gasteiger partial charge in [0.25, 0.3) is 5.91 Å². The highest BCUT2D eigenvalue weighted by atomic mass is 35.5. The Kier molecular flexibility index (Phi) is 9.70. The molecule has 1 aliphatic rings. The highest BCUT2D eigenvalue weighted by molar-refractivity contribution is 5.93. The van der Waals surface area contributed by atoms with Crippen molar-refractivity contribution in [3.63, 3.8) is 0 Å². The molecule has 1 fully saturated rings. The van der Waals surface area contributed by atoms with E-state index in [-0.39, 0.29) is 30.7 Å². The summed E-state index contributed by atoms with van der Waals surface area (Å²) >= 11 is 0. The number of halogens is 2. The van der Waals surface area contributed by atoms with Crippen LogP contribution in [-0.2, 0) is 6.54 Å². The summed E-state index contributed by atoms with van der Waals surface area (Å²) < 4.78 is 5.15. The van der Waals surface area contributed by atoms with E-state index in [4.69, 9.17) is 10.2 Å². The molecule has 122 valence electrons. The third-order valence-corrected chi connectivity index (χ3v) is 3.79. The van der Waals surface area contributed by atoms with Crippen molar-refractivity contribution in [1.82, 2.24) is 10.2 Å². The van der Waals surface area contributed by atoms with Crippen LogP contribution in [0.5, 0.6) is 0 Å². The van der Waals surface area contributed by atoms with Gasteiger partial charge in [-0.2, -0.15) is 0 Å². The Morgan fingerprint density at radius 1 is 1.43 bits per heavy atom. The second kappa shape index (κ2) is 10.1. The Bertz CT molecular complexity index is 418. The van der Waals surface area contributed by atoms with Crippen molar-refractivity contribution in [3.8, 4) is 0 Å². The van der Waals surface area contributed by atoms with E-state index in [0.29, 0.717) is 17.9 Å². The molecule has 21 heavy (non-hydrogen) atoms. The monoisotopic (exact) mass is 337 g/mol. The summed E-state index contributed by atoms with van der Waals surface area (Å²) in [5.74, 6) is 1.30. The Labute approximate surface area is 138 Å². The Morgan fingerprint density at radius 3 is 2.67 bits per heavy atom. The van der Waals surface area contributed by atoms with Gasteiger partial charge in [0.1, 0.15) is 12.0 Å². The van der Waals surface area contributed by atoms with Crippen molar-refractivity contribution in [2.45, 2.75) is 25.8 Å². The second-order valence-electron chi connectivity index (χ2n) is 5.30. The summed E-state index contributed by atoms with van der Waals surface area (Å²) in [5, 5.41) is 2.94. The van der Waals surface area contributed by atoms with Gasteiger partial charge in [-0.15, -0.1) is 24.8 Å². The van der Waals surface area contributed by atoms with Crippen molar-refractivity contribution in [2.75, 3.05) is 26.7 Å². The van der Waals surface area contributed by atoms with Crippen LogP contribution >= 0.6 is 24.8 Å². The van der Waals surface area contributed by atoms with Crippen LogP contribution < -0.4 is 11.1 Å². The van der Waals surface area contributed by atoms with Gasteiger partial charge >= 0.3 is 0 Å². The molecule has 0 spiro atoms. The van der Waals surface area contributed by atoms with Crippen LogP contribution in [0.3, 0.4) is 0 Å². The lowest BCUT2D eigenvalue weighted by atomic mass is 9.94. The van der Waals surface area contributed by atoms with Crippen molar-refractivity contribution in [1.29, 1.82) is 0 Å². The molecule has 0 atom stereocenters. The fraction of sp³-hybridized carbons (Fsp3) is 0.643. The topological polar surface area (TPSA) is 71.5 Å². The molecule has 1 amide bonds. The van der Waals surface area contributed by atoms with E-state index >= 15 is 0 Å². The zero-order chi connectivity index (χ0) is 13.7. The minimum absolute atomic E-state index is 0. The van der Waals surface area contributed by atoms with Crippen LogP contribution in [0.15, 0.2) is 16.7 Å². The molecule has 0 saturated carbocycles. The molecular formula is C14H25Cl2N3O2. The highest BCUT2D eigenvalue weighted by Gasteiger charge is 2.16. The van der Waals surface area contributed by atoms with E-state index in [9.17, 15) is 4.79 Å². The molecule has 3 N–H and O–H groups in total. The first-order valence-corrected chi connectivity index (χ1v) is 6.93. The molecule has 7 heteroatoms. The first-order valence-electron chi connectivity index (χ1n) is 6.93. The van der Waals surface area contributed by atoms with Crippen LogP contribution in [0, 0.1) is 5.92 Å². The van der Waals surface area contributed by atoms with Gasteiger partial charge in [-0.05, 0) is 51.4 Å². The van der Waals surface area contributed by atoms with E-state index in [2.05, 4.69) is 17.3 Å². The maximum Gasteiger partial charge on any atom is 0.254 e. The number of likely N-dealkylation sites (tertiary alicyclic amines) is 1. The summed E-state index contributed by atoms with van der Waals surface area (Å²) in [6.45, 7) is 3.39. The predicted molar refractivity (Wildman–Crippen MR) is 88.3 cm³/mol. The molecule has 0 unspecified atom stereocenters. The average Bonchev–Trinajstić information content (AvgIpc) is 2.90. The van der Waals surface area contributed by atoms with E-state index in [1.165, 1.54) is 32.2 Å². The number of nitrogens with two attached hydrogens (primary N) is 1. The minimum atomic E-state index is -0.0728. The first-order chi connectivity index (χ1) is 9.19. The zero-order valence-electron chi connectivity index (χ0n) is 12.3. The van der Waals surface area contributed by atoms with E-state index in [0.717, 1.165) is 18.9 Å². The average molecular weight is 338 g/mol. The number of amides is 1. The number of furan rings is 1. The molecule has 1 aromatic heterocycles. The largest absolute Gasteiger partial charge is 0.467 e. The summed E-state index contributed by atoms with van der Waals surface area (Å²) in [4.78, 5) is 14.2. The molecule has 0 radical (unpaired) electrons. The molecule has 5 nitrogen and oxygen atoms in total. The minimum Gasteiger partial charge on any atom is -0.467 e. The van der Waals surface area contributed by atoms with E-state index in [1.54, 1.807) is 6.07 Å². The summed E-state index contributed by atoms with van der Waals surface area (Å²) in [6, 6.07) is 1.70. The number of nitrogens with zero attached hydrogens (tertiary/aromatic N) is 1. The van der Waals surface area contributed by atoms with Gasteiger partial charge in [0.2, 0.25) is 0 Å². The second-order valence-corrected chi connectivity index (χ2v) is 5.30. The van der Waals surface area contributed by atoms with Crippen molar-refractivity contribution >= 4 is 30.7 Å². The van der Waals surface area contributed by atoms with Crippen molar-refractivity contribution in [3.05, 3.63) is 23.7 Å². The number of hydrogen-bond donors (Lipinski definition) is 2. The van der Waals surface area contributed by atoms with Crippen LogP contribution in [0.2, 0.25) is 0 Å². The standard InChI is InChI=1S/C14H23N3O2.2ClH/c1-17-6-3-11(4-7-17)2-5-16-14(18)12-8-13(9-15)19-10-12;;/h8,10-11H,2-7,9,15H2,1H3,(H,16,18);2*1H. The van der Waals surface area contributed by atoms with E-state index < -0.39 is 0 Å². The number of carbonyl (C=O) groups excluding carboxylic acids is 1. The Balaban J connectivity index is 0.00000200. The lowest BCUT2D eigenvalue weighted by molar-refractivity contribution is 0.0948. The molecule has 2 heterocycles. The third-order valence-electron chi connectivity index (χ3n) is 3.79. The van der Waals surface area contributed by atoms with Crippen LogP contribution in [0.25, 0.3) is 0 Å². The lowest BCUT2D eigenvalue weighted by Crippen LogP contribution is -2.32. The fourth-order valence-electron chi connectivity index (χ4n) is 2.45. The van der Waals surface area contributed by atoms with Gasteiger partial charge in [0.05, 0.1) is 12.1 Å². The van der Waals surface area contributed by atoms with Gasteiger partial charge in [0, 0.05) is 6.54 Å². The molecule has 0 bridgehead atoms. The summed E-state index contributed by atoms with van der Waals surface area (Å²) in [6.07, 6.45) is 4.99. The SMILES string of the molecule is CN1CCC(CCNC(=O)c2coc(CN)c2)CC1.Cl.Cl.